The maximum Gasteiger partial charge on any atom is 0.317 e. The van der Waals surface area contributed by atoms with E-state index in [0.717, 1.165) is 11.3 Å². The minimum absolute atomic E-state index is 0.0133. The van der Waals surface area contributed by atoms with Crippen LogP contribution in [-0.2, 0) is 4.79 Å². The van der Waals surface area contributed by atoms with Crippen molar-refractivity contribution in [2.75, 3.05) is 31.1 Å². The summed E-state index contributed by atoms with van der Waals surface area (Å²) in [5, 5.41) is 11.8. The first-order chi connectivity index (χ1) is 10.5. The van der Waals surface area contributed by atoms with Gasteiger partial charge in [-0.1, -0.05) is 17.7 Å². The minimum atomic E-state index is -0.236. The van der Waals surface area contributed by atoms with Crippen molar-refractivity contribution in [2.24, 2.45) is 0 Å². The number of benzene rings is 1. The highest BCUT2D eigenvalue weighted by atomic mass is 16.3. The molecule has 2 N–H and O–H groups in total. The van der Waals surface area contributed by atoms with E-state index in [1.165, 1.54) is 4.90 Å². The third-order valence-corrected chi connectivity index (χ3v) is 3.84. The molecule has 1 fully saturated rings. The van der Waals surface area contributed by atoms with Crippen molar-refractivity contribution < 1.29 is 14.7 Å². The minimum Gasteiger partial charge on any atom is -0.395 e. The van der Waals surface area contributed by atoms with Gasteiger partial charge in [0.25, 0.3) is 0 Å². The third-order valence-electron chi connectivity index (χ3n) is 3.84. The molecule has 22 heavy (non-hydrogen) atoms. The van der Waals surface area contributed by atoms with Gasteiger partial charge < -0.3 is 20.2 Å². The highest BCUT2D eigenvalue weighted by Crippen LogP contribution is 2.22. The predicted molar refractivity (Wildman–Crippen MR) is 84.8 cm³/mol. The third kappa shape index (κ3) is 3.76. The van der Waals surface area contributed by atoms with E-state index >= 15 is 0 Å². The van der Waals surface area contributed by atoms with Crippen molar-refractivity contribution >= 4 is 17.6 Å². The number of aliphatic hydroxyl groups excluding tert-OH is 1. The van der Waals surface area contributed by atoms with Crippen LogP contribution in [0.25, 0.3) is 0 Å². The van der Waals surface area contributed by atoms with Gasteiger partial charge in [-0.2, -0.15) is 0 Å². The number of nitrogens with one attached hydrogen (secondary N) is 1. The number of amides is 3. The van der Waals surface area contributed by atoms with E-state index in [0.29, 0.717) is 26.1 Å². The summed E-state index contributed by atoms with van der Waals surface area (Å²) in [7, 11) is 0. The van der Waals surface area contributed by atoms with Gasteiger partial charge in [-0.25, -0.2) is 4.79 Å². The first kappa shape index (κ1) is 16.3. The molecule has 1 saturated heterocycles. The number of nitrogens with zero attached hydrogens (tertiary/aromatic N) is 2. The molecule has 1 aromatic carbocycles. The molecule has 1 heterocycles. The van der Waals surface area contributed by atoms with Gasteiger partial charge >= 0.3 is 6.03 Å². The number of carbonyl (C=O) groups excluding carboxylic acids is 2. The Labute approximate surface area is 130 Å². The standard InChI is InChI=1S/C16H23N3O3/c1-3-18(8-9-20)16(22)17-13-10-15(21)19(11-13)14-6-4-12(2)5-7-14/h4-7,13,20H,3,8-11H2,1-2H3,(H,17,22). The fraction of sp³-hybridized carbons (Fsp3) is 0.500. The van der Waals surface area contributed by atoms with Gasteiger partial charge in [0.15, 0.2) is 0 Å². The van der Waals surface area contributed by atoms with Crippen molar-refractivity contribution in [1.82, 2.24) is 10.2 Å². The van der Waals surface area contributed by atoms with Crippen molar-refractivity contribution in [1.29, 1.82) is 0 Å². The van der Waals surface area contributed by atoms with Crippen molar-refractivity contribution in [3.63, 3.8) is 0 Å². The Hall–Kier alpha value is -2.08. The van der Waals surface area contributed by atoms with Crippen LogP contribution in [0.3, 0.4) is 0 Å². The molecule has 0 bridgehead atoms. The predicted octanol–water partition coefficient (Wildman–Crippen LogP) is 1.12. The molecule has 1 aliphatic heterocycles. The molecule has 1 unspecified atom stereocenters. The fourth-order valence-corrected chi connectivity index (χ4v) is 2.57. The summed E-state index contributed by atoms with van der Waals surface area (Å²) in [5.41, 5.74) is 2.00. The summed E-state index contributed by atoms with van der Waals surface area (Å²) in [6.07, 6.45) is 0.302. The molecule has 0 saturated carbocycles. The number of likely N-dealkylation sites (N-methyl/N-ethyl adjacent to an activating group) is 1. The highest BCUT2D eigenvalue weighted by Gasteiger charge is 2.32. The fourth-order valence-electron chi connectivity index (χ4n) is 2.57. The van der Waals surface area contributed by atoms with Crippen molar-refractivity contribution in [3.8, 4) is 0 Å². The van der Waals surface area contributed by atoms with Crippen LogP contribution in [-0.4, -0.2) is 54.2 Å². The number of hydrogen-bond donors (Lipinski definition) is 2. The number of urea groups is 1. The Balaban J connectivity index is 1.97. The highest BCUT2D eigenvalue weighted by molar-refractivity contribution is 5.96. The average Bonchev–Trinajstić information content (AvgIpc) is 2.86. The lowest BCUT2D eigenvalue weighted by molar-refractivity contribution is -0.117. The molecule has 2 rings (SSSR count). The second-order valence-corrected chi connectivity index (χ2v) is 5.49. The van der Waals surface area contributed by atoms with Crippen molar-refractivity contribution in [2.45, 2.75) is 26.3 Å². The summed E-state index contributed by atoms with van der Waals surface area (Å²) < 4.78 is 0. The van der Waals surface area contributed by atoms with Crippen LogP contribution >= 0.6 is 0 Å². The monoisotopic (exact) mass is 305 g/mol. The number of hydrogen-bond acceptors (Lipinski definition) is 3. The molecular weight excluding hydrogens is 282 g/mol. The summed E-state index contributed by atoms with van der Waals surface area (Å²) in [5.74, 6) is 0.0133. The Kier molecular flexibility index (Phi) is 5.38. The van der Waals surface area contributed by atoms with Gasteiger partial charge in [0.1, 0.15) is 0 Å². The molecule has 0 aromatic heterocycles. The lowest BCUT2D eigenvalue weighted by Crippen LogP contribution is -2.46. The van der Waals surface area contributed by atoms with E-state index in [9.17, 15) is 9.59 Å². The first-order valence-electron chi connectivity index (χ1n) is 7.58. The molecule has 1 atom stereocenters. The smallest absolute Gasteiger partial charge is 0.317 e. The normalized spacial score (nSPS) is 17.7. The first-order valence-corrected chi connectivity index (χ1v) is 7.58. The van der Waals surface area contributed by atoms with Crippen LogP contribution in [0, 0.1) is 6.92 Å². The van der Waals surface area contributed by atoms with Crippen LogP contribution in [0.2, 0.25) is 0 Å². The Morgan fingerprint density at radius 2 is 2.09 bits per heavy atom. The molecular formula is C16H23N3O3. The number of aryl methyl sites for hydroxylation is 1. The van der Waals surface area contributed by atoms with Gasteiger partial charge in [0.2, 0.25) is 5.91 Å². The van der Waals surface area contributed by atoms with Crippen molar-refractivity contribution in [3.05, 3.63) is 29.8 Å². The second kappa shape index (κ2) is 7.26. The Morgan fingerprint density at radius 3 is 2.68 bits per heavy atom. The molecule has 0 aliphatic carbocycles. The number of aliphatic hydroxyl groups is 1. The van der Waals surface area contributed by atoms with Gasteiger partial charge in [-0.3, -0.25) is 4.79 Å². The molecule has 0 radical (unpaired) electrons. The van der Waals surface area contributed by atoms with Crippen LogP contribution < -0.4 is 10.2 Å². The summed E-state index contributed by atoms with van der Waals surface area (Å²) in [4.78, 5) is 27.5. The van der Waals surface area contributed by atoms with E-state index in [2.05, 4.69) is 5.32 Å². The molecule has 0 spiro atoms. The summed E-state index contributed by atoms with van der Waals surface area (Å²) in [6, 6.07) is 7.33. The van der Waals surface area contributed by atoms with Gasteiger partial charge in [-0.05, 0) is 26.0 Å². The van der Waals surface area contributed by atoms with E-state index in [1.807, 2.05) is 38.1 Å². The van der Waals surface area contributed by atoms with Gasteiger partial charge in [-0.15, -0.1) is 0 Å². The molecule has 1 aromatic rings. The molecule has 120 valence electrons. The Morgan fingerprint density at radius 1 is 1.41 bits per heavy atom. The van der Waals surface area contributed by atoms with E-state index in [4.69, 9.17) is 5.11 Å². The largest absolute Gasteiger partial charge is 0.395 e. The number of carbonyl (C=O) groups is 2. The molecule has 1 aliphatic rings. The van der Waals surface area contributed by atoms with Crippen LogP contribution in [0.4, 0.5) is 10.5 Å². The topological polar surface area (TPSA) is 72.9 Å². The van der Waals surface area contributed by atoms with E-state index < -0.39 is 0 Å². The molecule has 6 nitrogen and oxygen atoms in total. The van der Waals surface area contributed by atoms with Crippen LogP contribution in [0.1, 0.15) is 18.9 Å². The Bertz CT molecular complexity index is 530. The summed E-state index contributed by atoms with van der Waals surface area (Å²) >= 11 is 0. The zero-order chi connectivity index (χ0) is 16.1. The van der Waals surface area contributed by atoms with E-state index in [-0.39, 0.29) is 24.6 Å². The second-order valence-electron chi connectivity index (χ2n) is 5.49. The average molecular weight is 305 g/mol. The molecule has 3 amide bonds. The SMILES string of the molecule is CCN(CCO)C(=O)NC1CC(=O)N(c2ccc(C)cc2)C1. The lowest BCUT2D eigenvalue weighted by atomic mass is 10.2. The van der Waals surface area contributed by atoms with Crippen LogP contribution in [0.5, 0.6) is 0 Å². The maximum absolute atomic E-state index is 12.1. The quantitative estimate of drug-likeness (QED) is 0.856. The number of anilines is 1. The maximum atomic E-state index is 12.1. The van der Waals surface area contributed by atoms with Crippen LogP contribution in [0.15, 0.2) is 24.3 Å². The van der Waals surface area contributed by atoms with E-state index in [1.54, 1.807) is 4.90 Å². The lowest BCUT2D eigenvalue weighted by Gasteiger charge is -2.23. The zero-order valence-corrected chi connectivity index (χ0v) is 13.1. The number of rotatable bonds is 5. The van der Waals surface area contributed by atoms with Gasteiger partial charge in [0, 0.05) is 31.7 Å². The van der Waals surface area contributed by atoms with Gasteiger partial charge in [0.05, 0.1) is 12.6 Å². The zero-order valence-electron chi connectivity index (χ0n) is 13.1. The molecule has 6 heteroatoms. The summed E-state index contributed by atoms with van der Waals surface area (Å²) in [6.45, 7) is 5.08.